The molecule has 12 nitrogen and oxygen atoms in total. The first-order valence-corrected chi connectivity index (χ1v) is 9.47. The summed E-state index contributed by atoms with van der Waals surface area (Å²) in [6.45, 7) is 2.54. The first-order valence-electron chi connectivity index (χ1n) is 8.84. The van der Waals surface area contributed by atoms with E-state index in [1.807, 2.05) is 0 Å². The molecule has 0 heterocycles. The van der Waals surface area contributed by atoms with Gasteiger partial charge in [0.25, 0.3) is 0 Å². The number of nitrogens with two attached hydrogens (primary N) is 2. The van der Waals surface area contributed by atoms with Crippen LogP contribution in [-0.4, -0.2) is 76.3 Å². The average Bonchev–Trinajstić information content (AvgIpc) is 2.65. The number of rotatable bonds is 13. The lowest BCUT2D eigenvalue weighted by atomic mass is 10.0. The predicted octanol–water partition coefficient (Wildman–Crippen LogP) is -3.30. The molecule has 29 heavy (non-hydrogen) atoms. The van der Waals surface area contributed by atoms with Crippen LogP contribution in [0.15, 0.2) is 0 Å². The van der Waals surface area contributed by atoms with Crippen LogP contribution in [0.1, 0.15) is 26.7 Å². The standard InChI is InChI=1S/C16H29N5O7S/c1-7(2)12(16(27)28)21-14(25)9(3-4-11(18)23)19-15(26)10(6-29)20-13(24)8(17)5-22/h7-10,12,22,29H,3-6,17H2,1-2H3,(H2,18,23)(H,19,26)(H,20,24)(H,21,25)(H,27,28). The normalized spacial score (nSPS) is 15.0. The maximum absolute atomic E-state index is 12.5. The molecular weight excluding hydrogens is 406 g/mol. The Morgan fingerprint density at radius 1 is 0.966 bits per heavy atom. The van der Waals surface area contributed by atoms with Crippen LogP contribution in [0.3, 0.4) is 0 Å². The highest BCUT2D eigenvalue weighted by Gasteiger charge is 2.31. The van der Waals surface area contributed by atoms with E-state index in [0.29, 0.717) is 0 Å². The molecule has 0 fully saturated rings. The third-order valence-corrected chi connectivity index (χ3v) is 4.26. The van der Waals surface area contributed by atoms with Gasteiger partial charge < -0.3 is 37.6 Å². The molecule has 0 saturated carbocycles. The molecule has 0 aromatic carbocycles. The van der Waals surface area contributed by atoms with Crippen molar-refractivity contribution in [3.63, 3.8) is 0 Å². The zero-order valence-corrected chi connectivity index (χ0v) is 17.1. The van der Waals surface area contributed by atoms with E-state index in [1.54, 1.807) is 13.8 Å². The van der Waals surface area contributed by atoms with Crippen LogP contribution in [0.5, 0.6) is 0 Å². The molecule has 0 aliphatic carbocycles. The summed E-state index contributed by atoms with van der Waals surface area (Å²) in [5.74, 6) is -4.99. The molecule has 4 amide bonds. The highest BCUT2D eigenvalue weighted by atomic mass is 32.1. The Morgan fingerprint density at radius 3 is 1.90 bits per heavy atom. The van der Waals surface area contributed by atoms with Gasteiger partial charge in [-0.1, -0.05) is 13.8 Å². The fourth-order valence-electron chi connectivity index (χ4n) is 2.15. The van der Waals surface area contributed by atoms with Gasteiger partial charge in [0.15, 0.2) is 0 Å². The summed E-state index contributed by atoms with van der Waals surface area (Å²) in [4.78, 5) is 59.1. The van der Waals surface area contributed by atoms with Gasteiger partial charge in [0.1, 0.15) is 24.2 Å². The van der Waals surface area contributed by atoms with Crippen LogP contribution in [-0.2, 0) is 24.0 Å². The Hall–Kier alpha value is -2.38. The fourth-order valence-corrected chi connectivity index (χ4v) is 2.41. The smallest absolute Gasteiger partial charge is 0.326 e. The van der Waals surface area contributed by atoms with Gasteiger partial charge in [-0.2, -0.15) is 12.6 Å². The molecule has 0 aromatic rings. The van der Waals surface area contributed by atoms with Gasteiger partial charge in [0.05, 0.1) is 6.61 Å². The molecule has 0 aromatic heterocycles. The van der Waals surface area contributed by atoms with Crippen molar-refractivity contribution < 1.29 is 34.2 Å². The number of thiol groups is 1. The first kappa shape index (κ1) is 26.6. The summed E-state index contributed by atoms with van der Waals surface area (Å²) in [7, 11) is 0. The Balaban J connectivity index is 5.30. The minimum absolute atomic E-state index is 0.149. The molecule has 4 atom stereocenters. The molecular formula is C16H29N5O7S. The SMILES string of the molecule is CC(C)C(NC(=O)C(CCC(N)=O)NC(=O)C(CS)NC(=O)C(N)CO)C(=O)O. The van der Waals surface area contributed by atoms with E-state index >= 15 is 0 Å². The fraction of sp³-hybridized carbons (Fsp3) is 0.688. The Bertz CT molecular complexity index is 616. The van der Waals surface area contributed by atoms with Crippen LogP contribution < -0.4 is 27.4 Å². The van der Waals surface area contributed by atoms with Crippen molar-refractivity contribution in [2.24, 2.45) is 17.4 Å². The molecule has 13 heteroatoms. The molecule has 9 N–H and O–H groups in total. The van der Waals surface area contributed by atoms with Crippen LogP contribution in [0.25, 0.3) is 0 Å². The lowest BCUT2D eigenvalue weighted by molar-refractivity contribution is -0.143. The van der Waals surface area contributed by atoms with Crippen LogP contribution in [0.4, 0.5) is 0 Å². The number of nitrogens with one attached hydrogen (secondary N) is 3. The minimum atomic E-state index is -1.28. The summed E-state index contributed by atoms with van der Waals surface area (Å²) >= 11 is 3.96. The number of carboxylic acid groups (broad SMARTS) is 1. The largest absolute Gasteiger partial charge is 0.480 e. The third kappa shape index (κ3) is 9.58. The number of aliphatic hydroxyl groups excluding tert-OH is 1. The maximum atomic E-state index is 12.5. The predicted molar refractivity (Wildman–Crippen MR) is 106 cm³/mol. The van der Waals surface area contributed by atoms with E-state index in [-0.39, 0.29) is 18.6 Å². The van der Waals surface area contributed by atoms with E-state index in [9.17, 15) is 29.1 Å². The van der Waals surface area contributed by atoms with Crippen molar-refractivity contribution in [3.8, 4) is 0 Å². The summed E-state index contributed by atoms with van der Waals surface area (Å²) in [5.41, 5.74) is 10.5. The molecule has 0 radical (unpaired) electrons. The number of carbonyl (C=O) groups is 5. The van der Waals surface area contributed by atoms with Crippen LogP contribution in [0.2, 0.25) is 0 Å². The topological polar surface area (TPSA) is 214 Å². The van der Waals surface area contributed by atoms with Crippen molar-refractivity contribution in [2.45, 2.75) is 50.9 Å². The number of hydrogen-bond donors (Lipinski definition) is 8. The number of carboxylic acids is 1. The van der Waals surface area contributed by atoms with Crippen LogP contribution >= 0.6 is 12.6 Å². The second-order valence-electron chi connectivity index (χ2n) is 6.67. The summed E-state index contributed by atoms with van der Waals surface area (Å²) < 4.78 is 0. The van der Waals surface area contributed by atoms with Crippen molar-refractivity contribution in [1.82, 2.24) is 16.0 Å². The quantitative estimate of drug-likeness (QED) is 0.137. The second kappa shape index (κ2) is 13.0. The summed E-state index contributed by atoms with van der Waals surface area (Å²) in [6.07, 6.45) is -0.425. The number of carbonyl (C=O) groups excluding carboxylic acids is 4. The minimum Gasteiger partial charge on any atom is -0.480 e. The van der Waals surface area contributed by atoms with Crippen molar-refractivity contribution in [3.05, 3.63) is 0 Å². The van der Waals surface area contributed by atoms with E-state index in [4.69, 9.17) is 16.6 Å². The van der Waals surface area contributed by atoms with E-state index < -0.39 is 66.3 Å². The lowest BCUT2D eigenvalue weighted by Gasteiger charge is -2.25. The van der Waals surface area contributed by atoms with Gasteiger partial charge in [-0.25, -0.2) is 4.79 Å². The molecule has 0 aliphatic heterocycles. The van der Waals surface area contributed by atoms with Gasteiger partial charge in [-0.15, -0.1) is 0 Å². The maximum Gasteiger partial charge on any atom is 0.326 e. The Morgan fingerprint density at radius 2 is 1.48 bits per heavy atom. The highest BCUT2D eigenvalue weighted by Crippen LogP contribution is 2.05. The molecule has 4 unspecified atom stereocenters. The van der Waals surface area contributed by atoms with Crippen LogP contribution in [0, 0.1) is 5.92 Å². The van der Waals surface area contributed by atoms with Crippen molar-refractivity contribution in [2.75, 3.05) is 12.4 Å². The monoisotopic (exact) mass is 435 g/mol. The van der Waals surface area contributed by atoms with Gasteiger partial charge in [0, 0.05) is 12.2 Å². The number of aliphatic carboxylic acids is 1. The molecule has 0 spiro atoms. The second-order valence-corrected chi connectivity index (χ2v) is 7.03. The number of amides is 4. The average molecular weight is 436 g/mol. The van der Waals surface area contributed by atoms with Crippen molar-refractivity contribution in [1.29, 1.82) is 0 Å². The third-order valence-electron chi connectivity index (χ3n) is 3.89. The summed E-state index contributed by atoms with van der Waals surface area (Å²) in [6, 6.07) is -4.92. The van der Waals surface area contributed by atoms with E-state index in [1.165, 1.54) is 0 Å². The lowest BCUT2D eigenvalue weighted by Crippen LogP contribution is -2.58. The van der Waals surface area contributed by atoms with E-state index in [2.05, 4.69) is 28.6 Å². The number of hydrogen-bond acceptors (Lipinski definition) is 8. The Kier molecular flexibility index (Phi) is 11.9. The van der Waals surface area contributed by atoms with Gasteiger partial charge in [-0.3, -0.25) is 19.2 Å². The van der Waals surface area contributed by atoms with Gasteiger partial charge in [0.2, 0.25) is 23.6 Å². The number of primary amides is 1. The molecule has 0 rings (SSSR count). The first-order chi connectivity index (χ1) is 13.4. The molecule has 0 bridgehead atoms. The molecule has 0 saturated heterocycles. The molecule has 0 aliphatic rings. The molecule has 166 valence electrons. The van der Waals surface area contributed by atoms with E-state index in [0.717, 1.165) is 0 Å². The Labute approximate surface area is 173 Å². The van der Waals surface area contributed by atoms with Gasteiger partial charge in [-0.05, 0) is 12.3 Å². The zero-order valence-electron chi connectivity index (χ0n) is 16.3. The number of aliphatic hydroxyl groups is 1. The summed E-state index contributed by atoms with van der Waals surface area (Å²) in [5, 5.41) is 25.0. The zero-order chi connectivity index (χ0) is 22.7. The highest BCUT2D eigenvalue weighted by molar-refractivity contribution is 7.80. The van der Waals surface area contributed by atoms with Crippen molar-refractivity contribution >= 4 is 42.2 Å². The van der Waals surface area contributed by atoms with Gasteiger partial charge >= 0.3 is 5.97 Å².